The largest absolute Gasteiger partial charge is 0.478 e. The van der Waals surface area contributed by atoms with Crippen molar-refractivity contribution in [1.82, 2.24) is 0 Å². The first-order valence-electron chi connectivity index (χ1n) is 8.60. The van der Waals surface area contributed by atoms with Gasteiger partial charge in [0.15, 0.2) is 5.78 Å². The summed E-state index contributed by atoms with van der Waals surface area (Å²) in [5.74, 6) is -2.22. The van der Waals surface area contributed by atoms with Gasteiger partial charge in [0.05, 0.1) is 5.56 Å². The van der Waals surface area contributed by atoms with E-state index in [9.17, 15) is 19.5 Å². The van der Waals surface area contributed by atoms with Crippen molar-refractivity contribution >= 4 is 23.8 Å². The maximum atomic E-state index is 12.1. The molecule has 0 heterocycles. The van der Waals surface area contributed by atoms with Gasteiger partial charge < -0.3 is 14.9 Å². The number of carbonyl (C=O) groups is 3. The fourth-order valence-corrected chi connectivity index (χ4v) is 2.56. The fraction of sp³-hybridized carbons (Fsp3) is 0. The third kappa shape index (κ3) is 4.95. The van der Waals surface area contributed by atoms with Crippen molar-refractivity contribution in [1.29, 1.82) is 0 Å². The monoisotopic (exact) mass is 388 g/mol. The van der Waals surface area contributed by atoms with Gasteiger partial charge in [-0.15, -0.1) is 0 Å². The summed E-state index contributed by atoms with van der Waals surface area (Å²) >= 11 is 0. The number of allylic oxidation sites excluding steroid dienone is 1. The molecule has 0 aromatic heterocycles. The van der Waals surface area contributed by atoms with Crippen molar-refractivity contribution in [3.05, 3.63) is 101 Å². The second kappa shape index (κ2) is 8.67. The number of carbonyl (C=O) groups excluding carboxylic acids is 1. The van der Waals surface area contributed by atoms with E-state index in [0.717, 1.165) is 11.6 Å². The van der Waals surface area contributed by atoms with E-state index >= 15 is 0 Å². The van der Waals surface area contributed by atoms with Crippen molar-refractivity contribution in [2.45, 2.75) is 0 Å². The van der Waals surface area contributed by atoms with Crippen LogP contribution in [0.2, 0.25) is 0 Å². The molecule has 0 amide bonds. The maximum Gasteiger partial charge on any atom is 0.339 e. The molecular formula is C23H16O6. The Bertz CT molecular complexity index is 1080. The van der Waals surface area contributed by atoms with E-state index in [4.69, 9.17) is 9.84 Å². The average molecular weight is 388 g/mol. The third-order valence-corrected chi connectivity index (χ3v) is 4.05. The molecule has 0 bridgehead atoms. The smallest absolute Gasteiger partial charge is 0.339 e. The highest BCUT2D eigenvalue weighted by molar-refractivity contribution is 6.06. The van der Waals surface area contributed by atoms with Crippen molar-refractivity contribution in [3.8, 4) is 11.5 Å². The summed E-state index contributed by atoms with van der Waals surface area (Å²) in [6.07, 6.45) is 3.14. The summed E-state index contributed by atoms with van der Waals surface area (Å²) in [4.78, 5) is 34.5. The number of carboxylic acids is 2. The Kier molecular flexibility index (Phi) is 5.85. The summed E-state index contributed by atoms with van der Waals surface area (Å²) in [7, 11) is 0. The van der Waals surface area contributed by atoms with Gasteiger partial charge in [-0.2, -0.15) is 0 Å². The summed E-state index contributed by atoms with van der Waals surface area (Å²) < 4.78 is 5.59. The molecule has 0 atom stereocenters. The average Bonchev–Trinajstić information content (AvgIpc) is 2.73. The number of ether oxygens (including phenoxy) is 1. The second-order valence-electron chi connectivity index (χ2n) is 6.06. The molecule has 6 heteroatoms. The van der Waals surface area contributed by atoms with Crippen molar-refractivity contribution < 1.29 is 29.3 Å². The predicted molar refractivity (Wildman–Crippen MR) is 107 cm³/mol. The van der Waals surface area contributed by atoms with E-state index in [-0.39, 0.29) is 22.7 Å². The number of benzene rings is 3. The Morgan fingerprint density at radius 1 is 0.759 bits per heavy atom. The van der Waals surface area contributed by atoms with E-state index in [1.54, 1.807) is 54.6 Å². The van der Waals surface area contributed by atoms with Crippen LogP contribution in [0.1, 0.15) is 36.6 Å². The first-order valence-corrected chi connectivity index (χ1v) is 8.60. The van der Waals surface area contributed by atoms with Gasteiger partial charge in [0.25, 0.3) is 0 Å². The molecule has 29 heavy (non-hydrogen) atoms. The quantitative estimate of drug-likeness (QED) is 0.447. The van der Waals surface area contributed by atoms with Gasteiger partial charge in [0.1, 0.15) is 17.1 Å². The second-order valence-corrected chi connectivity index (χ2v) is 6.06. The first-order chi connectivity index (χ1) is 13.9. The normalized spacial score (nSPS) is 10.6. The van der Waals surface area contributed by atoms with E-state index in [1.807, 2.05) is 6.07 Å². The lowest BCUT2D eigenvalue weighted by Crippen LogP contribution is -2.04. The van der Waals surface area contributed by atoms with Crippen LogP contribution in [0.15, 0.2) is 78.9 Å². The summed E-state index contributed by atoms with van der Waals surface area (Å²) in [6, 6.07) is 19.2. The Balaban J connectivity index is 1.74. The van der Waals surface area contributed by atoms with Gasteiger partial charge in [-0.05, 0) is 42.0 Å². The van der Waals surface area contributed by atoms with E-state index in [2.05, 4.69) is 0 Å². The zero-order valence-corrected chi connectivity index (χ0v) is 15.1. The number of rotatable bonds is 7. The Hall–Kier alpha value is -4.19. The van der Waals surface area contributed by atoms with Crippen LogP contribution in [0.4, 0.5) is 0 Å². The fourth-order valence-electron chi connectivity index (χ4n) is 2.56. The molecule has 2 N–H and O–H groups in total. The van der Waals surface area contributed by atoms with Crippen LogP contribution in [0.3, 0.4) is 0 Å². The summed E-state index contributed by atoms with van der Waals surface area (Å²) in [6.45, 7) is 0. The van der Waals surface area contributed by atoms with Crippen LogP contribution in [0.5, 0.6) is 11.5 Å². The maximum absolute atomic E-state index is 12.1. The summed E-state index contributed by atoms with van der Waals surface area (Å²) in [5.41, 5.74) is 0.969. The molecule has 0 saturated carbocycles. The lowest BCUT2D eigenvalue weighted by molar-refractivity contribution is 0.0693. The molecule has 0 spiro atoms. The highest BCUT2D eigenvalue weighted by Gasteiger charge is 2.15. The van der Waals surface area contributed by atoms with E-state index in [0.29, 0.717) is 11.3 Å². The molecule has 3 rings (SSSR count). The molecule has 3 aromatic carbocycles. The van der Waals surface area contributed by atoms with Gasteiger partial charge in [-0.3, -0.25) is 4.79 Å². The van der Waals surface area contributed by atoms with Crippen LogP contribution >= 0.6 is 0 Å². The molecular weight excluding hydrogens is 372 g/mol. The number of carboxylic acid groups (broad SMARTS) is 2. The number of aromatic carboxylic acids is 2. The molecule has 0 unspecified atom stereocenters. The molecule has 0 fully saturated rings. The number of hydrogen-bond donors (Lipinski definition) is 2. The lowest BCUT2D eigenvalue weighted by Gasteiger charge is -2.09. The minimum absolute atomic E-state index is 0.0325. The van der Waals surface area contributed by atoms with Crippen molar-refractivity contribution in [2.75, 3.05) is 0 Å². The standard InChI is InChI=1S/C23H16O6/c24-20(16-4-2-1-3-5-16)12-8-15-6-10-18(11-7-15)29-21-13-9-17(22(25)26)14-19(21)23(27)28/h1-14H,(H,25,26)(H,27,28)/b12-8+. The minimum Gasteiger partial charge on any atom is -0.478 e. The van der Waals surface area contributed by atoms with E-state index < -0.39 is 11.9 Å². The third-order valence-electron chi connectivity index (χ3n) is 4.05. The molecule has 0 aliphatic carbocycles. The molecule has 0 saturated heterocycles. The van der Waals surface area contributed by atoms with Crippen LogP contribution < -0.4 is 4.74 Å². The van der Waals surface area contributed by atoms with Crippen LogP contribution in [0, 0.1) is 0 Å². The lowest BCUT2D eigenvalue weighted by atomic mass is 10.1. The van der Waals surface area contributed by atoms with Gasteiger partial charge in [0, 0.05) is 5.56 Å². The minimum atomic E-state index is -1.29. The molecule has 144 valence electrons. The zero-order chi connectivity index (χ0) is 20.8. The highest BCUT2D eigenvalue weighted by Crippen LogP contribution is 2.27. The van der Waals surface area contributed by atoms with Crippen LogP contribution in [-0.4, -0.2) is 27.9 Å². The molecule has 0 aliphatic rings. The van der Waals surface area contributed by atoms with Gasteiger partial charge in [0.2, 0.25) is 0 Å². The van der Waals surface area contributed by atoms with Crippen molar-refractivity contribution in [2.24, 2.45) is 0 Å². The highest BCUT2D eigenvalue weighted by atomic mass is 16.5. The zero-order valence-electron chi connectivity index (χ0n) is 15.1. The molecule has 3 aromatic rings. The molecule has 0 aliphatic heterocycles. The number of hydrogen-bond acceptors (Lipinski definition) is 4. The Morgan fingerprint density at radius 2 is 1.45 bits per heavy atom. The SMILES string of the molecule is O=C(O)c1ccc(Oc2ccc(/C=C/C(=O)c3ccccc3)cc2)c(C(=O)O)c1. The molecule has 0 radical (unpaired) electrons. The van der Waals surface area contributed by atoms with Crippen molar-refractivity contribution in [3.63, 3.8) is 0 Å². The molecule has 6 nitrogen and oxygen atoms in total. The topological polar surface area (TPSA) is 101 Å². The Labute approximate surface area is 166 Å². The van der Waals surface area contributed by atoms with Crippen LogP contribution in [0.25, 0.3) is 6.08 Å². The van der Waals surface area contributed by atoms with Gasteiger partial charge in [-0.25, -0.2) is 9.59 Å². The Morgan fingerprint density at radius 3 is 2.07 bits per heavy atom. The summed E-state index contributed by atoms with van der Waals surface area (Å²) in [5, 5.41) is 18.3. The number of ketones is 1. The van der Waals surface area contributed by atoms with Crippen LogP contribution in [-0.2, 0) is 0 Å². The van der Waals surface area contributed by atoms with Gasteiger partial charge in [-0.1, -0.05) is 48.5 Å². The first kappa shape index (κ1) is 19.6. The predicted octanol–water partition coefficient (Wildman–Crippen LogP) is 4.77. The van der Waals surface area contributed by atoms with E-state index in [1.165, 1.54) is 18.2 Å². The van der Waals surface area contributed by atoms with Gasteiger partial charge >= 0.3 is 11.9 Å².